The highest BCUT2D eigenvalue weighted by molar-refractivity contribution is 6.37. The van der Waals surface area contributed by atoms with Crippen LogP contribution in [0.15, 0.2) is 12.1 Å². The van der Waals surface area contributed by atoms with Crippen LogP contribution in [0, 0.1) is 0 Å². The Bertz CT molecular complexity index is 314. The smallest absolute Gasteiger partial charge is 0.152 e. The van der Waals surface area contributed by atoms with Crippen molar-refractivity contribution < 1.29 is 5.11 Å². The first-order chi connectivity index (χ1) is 7.08. The quantitative estimate of drug-likeness (QED) is 0.778. The topological polar surface area (TPSA) is 32.3 Å². The molecule has 0 aliphatic heterocycles. The maximum absolute atomic E-state index is 9.39. The van der Waals surface area contributed by atoms with Crippen LogP contribution in [0.4, 0.5) is 5.69 Å². The number of phenols is 1. The lowest BCUT2D eigenvalue weighted by molar-refractivity contribution is 0.476. The number of aromatic hydroxyl groups is 1. The fourth-order valence-corrected chi connectivity index (χ4v) is 1.86. The molecule has 15 heavy (non-hydrogen) atoms. The highest BCUT2D eigenvalue weighted by Crippen LogP contribution is 2.34. The van der Waals surface area contributed by atoms with Crippen molar-refractivity contribution in [3.63, 3.8) is 0 Å². The molecule has 0 saturated carbocycles. The third kappa shape index (κ3) is 3.18. The molecule has 1 rings (SSSR count). The number of hydrogen-bond donors (Lipinski definition) is 2. The second kappa shape index (κ2) is 5.47. The second-order valence-corrected chi connectivity index (χ2v) is 4.26. The molecule has 0 aromatic heterocycles. The van der Waals surface area contributed by atoms with E-state index in [1.165, 1.54) is 0 Å². The number of benzene rings is 1. The van der Waals surface area contributed by atoms with Gasteiger partial charge in [-0.05, 0) is 25.0 Å². The maximum Gasteiger partial charge on any atom is 0.152 e. The molecule has 0 saturated heterocycles. The zero-order chi connectivity index (χ0) is 11.4. The summed E-state index contributed by atoms with van der Waals surface area (Å²) in [6.45, 7) is 4.23. The van der Waals surface area contributed by atoms with Gasteiger partial charge in [0.25, 0.3) is 0 Å². The average molecular weight is 248 g/mol. The summed E-state index contributed by atoms with van der Waals surface area (Å²) < 4.78 is 0. The van der Waals surface area contributed by atoms with Crippen LogP contribution in [-0.2, 0) is 0 Å². The van der Waals surface area contributed by atoms with Gasteiger partial charge in [0, 0.05) is 11.7 Å². The lowest BCUT2D eigenvalue weighted by Crippen LogP contribution is -2.16. The van der Waals surface area contributed by atoms with E-state index in [0.29, 0.717) is 6.04 Å². The molecule has 0 aliphatic carbocycles. The summed E-state index contributed by atoms with van der Waals surface area (Å²) in [6.07, 6.45) is 2.07. The molecule has 0 atom stereocenters. The number of phenolic OH excluding ortho intramolecular Hbond substituents is 1. The molecule has 0 amide bonds. The van der Waals surface area contributed by atoms with Crippen molar-refractivity contribution in [1.29, 1.82) is 0 Å². The van der Waals surface area contributed by atoms with Crippen LogP contribution in [0.5, 0.6) is 5.75 Å². The minimum absolute atomic E-state index is 0.0616. The number of hydrogen-bond acceptors (Lipinski definition) is 2. The zero-order valence-electron chi connectivity index (χ0n) is 8.85. The molecule has 0 fully saturated rings. The van der Waals surface area contributed by atoms with E-state index in [4.69, 9.17) is 23.2 Å². The van der Waals surface area contributed by atoms with Crippen LogP contribution in [-0.4, -0.2) is 11.1 Å². The molecular formula is C11H15Cl2NO. The largest absolute Gasteiger partial charge is 0.505 e. The molecular weight excluding hydrogens is 233 g/mol. The van der Waals surface area contributed by atoms with Crippen LogP contribution >= 0.6 is 23.2 Å². The predicted molar refractivity (Wildman–Crippen MR) is 66.1 cm³/mol. The minimum Gasteiger partial charge on any atom is -0.505 e. The van der Waals surface area contributed by atoms with Gasteiger partial charge in [0.15, 0.2) is 5.75 Å². The Morgan fingerprint density at radius 3 is 2.07 bits per heavy atom. The van der Waals surface area contributed by atoms with Gasteiger partial charge in [-0.3, -0.25) is 0 Å². The number of halogens is 2. The first kappa shape index (κ1) is 12.5. The summed E-state index contributed by atoms with van der Waals surface area (Å²) in [7, 11) is 0. The minimum atomic E-state index is -0.0616. The van der Waals surface area contributed by atoms with Crippen LogP contribution in [0.3, 0.4) is 0 Å². The summed E-state index contributed by atoms with van der Waals surface area (Å²) in [5, 5.41) is 13.2. The van der Waals surface area contributed by atoms with Crippen LogP contribution in [0.2, 0.25) is 10.0 Å². The molecule has 2 nitrogen and oxygen atoms in total. The Morgan fingerprint density at radius 2 is 1.67 bits per heavy atom. The summed E-state index contributed by atoms with van der Waals surface area (Å²) in [5.41, 5.74) is 0.844. The van der Waals surface area contributed by atoms with Gasteiger partial charge in [-0.15, -0.1) is 0 Å². The normalized spacial score (nSPS) is 10.7. The Hall–Kier alpha value is -0.600. The third-order valence-corrected chi connectivity index (χ3v) is 2.95. The van der Waals surface area contributed by atoms with Crippen molar-refractivity contribution in [3.8, 4) is 5.75 Å². The highest BCUT2D eigenvalue weighted by atomic mass is 35.5. The summed E-state index contributed by atoms with van der Waals surface area (Å²) in [4.78, 5) is 0. The summed E-state index contributed by atoms with van der Waals surface area (Å²) in [6, 6.07) is 3.77. The number of nitrogens with one attached hydrogen (secondary N) is 1. The monoisotopic (exact) mass is 247 g/mol. The molecule has 0 bridgehead atoms. The molecule has 0 aliphatic rings. The summed E-state index contributed by atoms with van der Waals surface area (Å²) in [5.74, 6) is -0.0616. The van der Waals surface area contributed by atoms with Crippen LogP contribution in [0.25, 0.3) is 0 Å². The molecule has 0 radical (unpaired) electrons. The third-order valence-electron chi connectivity index (χ3n) is 2.37. The van der Waals surface area contributed by atoms with E-state index in [1.54, 1.807) is 12.1 Å². The highest BCUT2D eigenvalue weighted by Gasteiger charge is 2.08. The lowest BCUT2D eigenvalue weighted by atomic mass is 10.1. The van der Waals surface area contributed by atoms with Gasteiger partial charge >= 0.3 is 0 Å². The SMILES string of the molecule is CCC(CC)Nc1cc(Cl)c(O)c(Cl)c1. The van der Waals surface area contributed by atoms with Crippen molar-refractivity contribution in [2.45, 2.75) is 32.7 Å². The molecule has 0 heterocycles. The van der Waals surface area contributed by atoms with Crippen molar-refractivity contribution in [2.24, 2.45) is 0 Å². The van der Waals surface area contributed by atoms with Gasteiger partial charge in [0.2, 0.25) is 0 Å². The number of rotatable bonds is 4. The van der Waals surface area contributed by atoms with E-state index < -0.39 is 0 Å². The molecule has 84 valence electrons. The molecule has 1 aromatic rings. The van der Waals surface area contributed by atoms with Gasteiger partial charge in [-0.1, -0.05) is 37.0 Å². The zero-order valence-corrected chi connectivity index (χ0v) is 10.4. The average Bonchev–Trinajstić information content (AvgIpc) is 2.22. The Morgan fingerprint density at radius 1 is 1.20 bits per heavy atom. The summed E-state index contributed by atoms with van der Waals surface area (Å²) >= 11 is 11.6. The van der Waals surface area contributed by atoms with Crippen molar-refractivity contribution in [1.82, 2.24) is 0 Å². The fraction of sp³-hybridized carbons (Fsp3) is 0.455. The molecule has 1 aromatic carbocycles. The fourth-order valence-electron chi connectivity index (χ4n) is 1.38. The van der Waals surface area contributed by atoms with Gasteiger partial charge in [0.1, 0.15) is 0 Å². The molecule has 0 spiro atoms. The predicted octanol–water partition coefficient (Wildman–Crippen LogP) is 4.30. The van der Waals surface area contributed by atoms with Gasteiger partial charge in [-0.2, -0.15) is 0 Å². The van der Waals surface area contributed by atoms with Crippen molar-refractivity contribution in [3.05, 3.63) is 22.2 Å². The molecule has 0 unspecified atom stereocenters. The number of anilines is 1. The van der Waals surface area contributed by atoms with Gasteiger partial charge in [0.05, 0.1) is 10.0 Å². The standard InChI is InChI=1S/C11H15Cl2NO/c1-3-7(4-2)14-8-5-9(12)11(15)10(13)6-8/h5-7,14-15H,3-4H2,1-2H3. The van der Waals surface area contributed by atoms with Crippen LogP contribution < -0.4 is 5.32 Å². The van der Waals surface area contributed by atoms with Crippen molar-refractivity contribution >= 4 is 28.9 Å². The Balaban J connectivity index is 2.87. The molecule has 4 heteroatoms. The van der Waals surface area contributed by atoms with E-state index in [9.17, 15) is 5.11 Å². The van der Waals surface area contributed by atoms with E-state index in [-0.39, 0.29) is 15.8 Å². The Kier molecular flexibility index (Phi) is 4.55. The van der Waals surface area contributed by atoms with E-state index in [0.717, 1.165) is 18.5 Å². The first-order valence-corrected chi connectivity index (χ1v) is 5.78. The molecule has 2 N–H and O–H groups in total. The van der Waals surface area contributed by atoms with E-state index >= 15 is 0 Å². The maximum atomic E-state index is 9.39. The first-order valence-electron chi connectivity index (χ1n) is 5.03. The lowest BCUT2D eigenvalue weighted by Gasteiger charge is -2.17. The second-order valence-electron chi connectivity index (χ2n) is 3.45. The van der Waals surface area contributed by atoms with E-state index in [2.05, 4.69) is 19.2 Å². The Labute approximate surface area is 100 Å². The van der Waals surface area contributed by atoms with Gasteiger partial charge in [-0.25, -0.2) is 0 Å². The van der Waals surface area contributed by atoms with Crippen LogP contribution in [0.1, 0.15) is 26.7 Å². The van der Waals surface area contributed by atoms with E-state index in [1.807, 2.05) is 0 Å². The van der Waals surface area contributed by atoms with Crippen molar-refractivity contribution in [2.75, 3.05) is 5.32 Å². The van der Waals surface area contributed by atoms with Gasteiger partial charge < -0.3 is 10.4 Å².